The Hall–Kier alpha value is -3.15. The molecule has 6 heteroatoms. The number of nitrogens with zero attached hydrogens (tertiary/aromatic N) is 3. The van der Waals surface area contributed by atoms with E-state index in [4.69, 9.17) is 0 Å². The quantitative estimate of drug-likeness (QED) is 0.775. The zero-order chi connectivity index (χ0) is 18.8. The van der Waals surface area contributed by atoms with E-state index in [1.54, 1.807) is 0 Å². The van der Waals surface area contributed by atoms with Crippen LogP contribution in [0.1, 0.15) is 18.4 Å². The molecule has 2 heterocycles. The number of carbonyl (C=O) groups is 1. The third-order valence-corrected chi connectivity index (χ3v) is 4.96. The van der Waals surface area contributed by atoms with Gasteiger partial charge in [-0.15, -0.1) is 0 Å². The molecule has 0 bridgehead atoms. The van der Waals surface area contributed by atoms with Crippen LogP contribution in [-0.4, -0.2) is 28.5 Å². The van der Waals surface area contributed by atoms with Gasteiger partial charge in [0.1, 0.15) is 6.54 Å². The van der Waals surface area contributed by atoms with Gasteiger partial charge in [-0.05, 0) is 43.5 Å². The van der Waals surface area contributed by atoms with Gasteiger partial charge in [0.25, 0.3) is 5.56 Å². The van der Waals surface area contributed by atoms with Crippen molar-refractivity contribution in [3.63, 3.8) is 0 Å². The maximum Gasteiger partial charge on any atom is 0.294 e. The van der Waals surface area contributed by atoms with Crippen LogP contribution in [0.15, 0.2) is 53.3 Å². The Morgan fingerprint density at radius 1 is 1.07 bits per heavy atom. The van der Waals surface area contributed by atoms with Crippen molar-refractivity contribution < 1.29 is 4.79 Å². The maximum atomic E-state index is 13.1. The highest BCUT2D eigenvalue weighted by molar-refractivity contribution is 5.92. The smallest absolute Gasteiger partial charge is 0.294 e. The zero-order valence-corrected chi connectivity index (χ0v) is 15.3. The molecule has 1 N–H and O–H groups in total. The Bertz CT molecular complexity index is 1050. The number of fused-ring (bicyclic) bond motifs is 1. The monoisotopic (exact) mass is 362 g/mol. The van der Waals surface area contributed by atoms with Crippen LogP contribution in [0.25, 0.3) is 11.0 Å². The number of anilines is 2. The standard InChI is InChI=1S/C21H22N4O2/c1-15-8-2-3-9-16(15)22-19(26)14-25-18-11-5-4-10-17(18)23-20(21(25)27)24-12-6-7-13-24/h2-5,8-11H,6-7,12-14H2,1H3,(H,22,26). The first-order valence-corrected chi connectivity index (χ1v) is 9.23. The van der Waals surface area contributed by atoms with Crippen LogP contribution in [0.2, 0.25) is 0 Å². The number of aryl methyl sites for hydroxylation is 1. The molecule has 1 aliphatic heterocycles. The number of rotatable bonds is 4. The van der Waals surface area contributed by atoms with E-state index in [0.717, 1.165) is 42.7 Å². The minimum Gasteiger partial charge on any atom is -0.352 e. The molecule has 0 unspecified atom stereocenters. The second kappa shape index (κ2) is 7.23. The van der Waals surface area contributed by atoms with Crippen molar-refractivity contribution >= 4 is 28.4 Å². The summed E-state index contributed by atoms with van der Waals surface area (Å²) in [5.41, 5.74) is 2.92. The molecule has 0 spiro atoms. The van der Waals surface area contributed by atoms with Crippen molar-refractivity contribution in [3.05, 3.63) is 64.4 Å². The molecule has 138 valence electrons. The summed E-state index contributed by atoms with van der Waals surface area (Å²) in [5.74, 6) is 0.213. The summed E-state index contributed by atoms with van der Waals surface area (Å²) in [7, 11) is 0. The van der Waals surface area contributed by atoms with Crippen LogP contribution in [0, 0.1) is 6.92 Å². The van der Waals surface area contributed by atoms with Gasteiger partial charge in [0.15, 0.2) is 5.82 Å². The number of benzene rings is 2. The lowest BCUT2D eigenvalue weighted by atomic mass is 10.2. The van der Waals surface area contributed by atoms with Crippen molar-refractivity contribution in [1.82, 2.24) is 9.55 Å². The van der Waals surface area contributed by atoms with E-state index < -0.39 is 0 Å². The Labute approximate surface area is 157 Å². The van der Waals surface area contributed by atoms with Gasteiger partial charge in [-0.25, -0.2) is 4.98 Å². The molecule has 3 aromatic rings. The number of nitrogens with one attached hydrogen (secondary N) is 1. The minimum absolute atomic E-state index is 0.0446. The molecular formula is C21H22N4O2. The highest BCUT2D eigenvalue weighted by Crippen LogP contribution is 2.19. The third kappa shape index (κ3) is 3.43. The lowest BCUT2D eigenvalue weighted by molar-refractivity contribution is -0.116. The Morgan fingerprint density at radius 3 is 2.56 bits per heavy atom. The van der Waals surface area contributed by atoms with Gasteiger partial charge in [-0.3, -0.25) is 14.2 Å². The summed E-state index contributed by atoms with van der Waals surface area (Å²) in [6.45, 7) is 3.55. The van der Waals surface area contributed by atoms with Crippen LogP contribution in [-0.2, 0) is 11.3 Å². The van der Waals surface area contributed by atoms with Crippen LogP contribution >= 0.6 is 0 Å². The first kappa shape index (κ1) is 17.3. The van der Waals surface area contributed by atoms with Crippen molar-refractivity contribution in [3.8, 4) is 0 Å². The topological polar surface area (TPSA) is 67.2 Å². The molecule has 4 rings (SSSR count). The van der Waals surface area contributed by atoms with E-state index in [2.05, 4.69) is 10.3 Å². The molecule has 1 aromatic heterocycles. The molecule has 6 nitrogen and oxygen atoms in total. The third-order valence-electron chi connectivity index (χ3n) is 4.96. The highest BCUT2D eigenvalue weighted by Gasteiger charge is 2.21. The van der Waals surface area contributed by atoms with Gasteiger partial charge in [0, 0.05) is 18.8 Å². The molecule has 0 aliphatic carbocycles. The summed E-state index contributed by atoms with van der Waals surface area (Å²) in [5, 5.41) is 2.91. The zero-order valence-electron chi connectivity index (χ0n) is 15.3. The fraction of sp³-hybridized carbons (Fsp3) is 0.286. The van der Waals surface area contributed by atoms with E-state index in [9.17, 15) is 9.59 Å². The lowest BCUT2D eigenvalue weighted by Crippen LogP contribution is -2.34. The largest absolute Gasteiger partial charge is 0.352 e. The average molecular weight is 362 g/mol. The van der Waals surface area contributed by atoms with E-state index in [1.165, 1.54) is 4.57 Å². The van der Waals surface area contributed by atoms with Gasteiger partial charge < -0.3 is 10.2 Å². The summed E-state index contributed by atoms with van der Waals surface area (Å²) in [6, 6.07) is 15.1. The van der Waals surface area contributed by atoms with Gasteiger partial charge >= 0.3 is 0 Å². The summed E-state index contributed by atoms with van der Waals surface area (Å²) < 4.78 is 1.53. The normalized spacial score (nSPS) is 13.9. The van der Waals surface area contributed by atoms with Crippen molar-refractivity contribution in [1.29, 1.82) is 0 Å². The Kier molecular flexibility index (Phi) is 4.62. The van der Waals surface area contributed by atoms with Crippen LogP contribution in [0.5, 0.6) is 0 Å². The summed E-state index contributed by atoms with van der Waals surface area (Å²) >= 11 is 0. The summed E-state index contributed by atoms with van der Waals surface area (Å²) in [6.07, 6.45) is 2.11. The number of amides is 1. The van der Waals surface area contributed by atoms with Crippen molar-refractivity contribution in [2.45, 2.75) is 26.3 Å². The van der Waals surface area contributed by atoms with E-state index >= 15 is 0 Å². The number of aromatic nitrogens is 2. The van der Waals surface area contributed by atoms with Gasteiger partial charge in [0.05, 0.1) is 11.0 Å². The molecule has 1 aliphatic rings. The molecule has 0 saturated carbocycles. The first-order chi connectivity index (χ1) is 13.1. The SMILES string of the molecule is Cc1ccccc1NC(=O)Cn1c(=O)c(N2CCCC2)nc2ccccc21. The fourth-order valence-electron chi connectivity index (χ4n) is 3.52. The lowest BCUT2D eigenvalue weighted by Gasteiger charge is -2.19. The molecule has 1 amide bonds. The van der Waals surface area contributed by atoms with Crippen LogP contribution in [0.4, 0.5) is 11.5 Å². The van der Waals surface area contributed by atoms with Gasteiger partial charge in [-0.2, -0.15) is 0 Å². The van der Waals surface area contributed by atoms with Crippen LogP contribution in [0.3, 0.4) is 0 Å². The van der Waals surface area contributed by atoms with E-state index in [-0.39, 0.29) is 18.0 Å². The Morgan fingerprint density at radius 2 is 1.78 bits per heavy atom. The molecule has 2 aromatic carbocycles. The molecule has 1 saturated heterocycles. The molecule has 0 atom stereocenters. The second-order valence-corrected chi connectivity index (χ2v) is 6.87. The Balaban J connectivity index is 1.71. The van der Waals surface area contributed by atoms with E-state index in [1.807, 2.05) is 60.4 Å². The van der Waals surface area contributed by atoms with Gasteiger partial charge in [0.2, 0.25) is 5.91 Å². The number of hydrogen-bond acceptors (Lipinski definition) is 4. The van der Waals surface area contributed by atoms with Gasteiger partial charge in [-0.1, -0.05) is 30.3 Å². The first-order valence-electron chi connectivity index (χ1n) is 9.23. The molecular weight excluding hydrogens is 340 g/mol. The molecule has 27 heavy (non-hydrogen) atoms. The number of carbonyl (C=O) groups excluding carboxylic acids is 1. The predicted molar refractivity (Wildman–Crippen MR) is 107 cm³/mol. The van der Waals surface area contributed by atoms with Crippen molar-refractivity contribution in [2.75, 3.05) is 23.3 Å². The fourth-order valence-corrected chi connectivity index (χ4v) is 3.52. The number of para-hydroxylation sites is 3. The second-order valence-electron chi connectivity index (χ2n) is 6.87. The molecule has 0 radical (unpaired) electrons. The van der Waals surface area contributed by atoms with Crippen LogP contribution < -0.4 is 15.8 Å². The summed E-state index contributed by atoms with van der Waals surface area (Å²) in [4.78, 5) is 32.4. The minimum atomic E-state index is -0.227. The average Bonchev–Trinajstić information content (AvgIpc) is 3.20. The highest BCUT2D eigenvalue weighted by atomic mass is 16.2. The van der Waals surface area contributed by atoms with Crippen molar-refractivity contribution in [2.24, 2.45) is 0 Å². The predicted octanol–water partition coefficient (Wildman–Crippen LogP) is 2.94. The number of hydrogen-bond donors (Lipinski definition) is 1. The maximum absolute atomic E-state index is 13.1. The molecule has 1 fully saturated rings. The van der Waals surface area contributed by atoms with E-state index in [0.29, 0.717) is 11.3 Å².